The van der Waals surface area contributed by atoms with Crippen LogP contribution in [-0.4, -0.2) is 15.8 Å². The predicted octanol–water partition coefficient (Wildman–Crippen LogP) is 12.3. The number of nitrogens with zero attached hydrogens (tertiary/aromatic N) is 4. The summed E-state index contributed by atoms with van der Waals surface area (Å²) in [5.74, 6) is 0. The number of benzene rings is 11. The molecule has 5 heteroatoms. The molecule has 4 nitrogen and oxygen atoms in total. The molecule has 274 valence electrons. The minimum atomic E-state index is -0.0796. The topological polar surface area (TPSA) is 38.0 Å². The standard InChI is InChI=1S/C56H27BN4/c1-59-37-18-22-47-43(28-37)53-40-12-5-3-8-35(40)25-45-56(53)61(47)49-27-36(38-19-16-33-15-14-31-9-6-10-32-17-20-41(38)51(33)50(31)32)26-48-54(49)57(45)44-24-34-7-2-4-11-39(34)52-42-23-30(29-58)13-21-46(42)60(48)55(44)52/h2-28H. The highest BCUT2D eigenvalue weighted by atomic mass is 15.0. The van der Waals surface area contributed by atoms with Gasteiger partial charge in [-0.1, -0.05) is 121 Å². The Labute approximate surface area is 348 Å². The van der Waals surface area contributed by atoms with Crippen LogP contribution in [0.5, 0.6) is 0 Å². The molecule has 15 rings (SSSR count). The molecule has 13 aromatic rings. The van der Waals surface area contributed by atoms with E-state index in [0.29, 0.717) is 11.3 Å². The van der Waals surface area contributed by atoms with Gasteiger partial charge in [0.1, 0.15) is 0 Å². The molecule has 0 bridgehead atoms. The summed E-state index contributed by atoms with van der Waals surface area (Å²) in [5, 5.41) is 27.1. The van der Waals surface area contributed by atoms with Crippen molar-refractivity contribution in [2.75, 3.05) is 0 Å². The van der Waals surface area contributed by atoms with Crippen molar-refractivity contribution >= 4 is 126 Å². The van der Waals surface area contributed by atoms with Gasteiger partial charge < -0.3 is 9.13 Å². The number of hydrogen-bond acceptors (Lipinski definition) is 1. The lowest BCUT2D eigenvalue weighted by Crippen LogP contribution is -2.59. The summed E-state index contributed by atoms with van der Waals surface area (Å²) in [4.78, 5) is 3.93. The molecule has 0 amide bonds. The Kier molecular flexibility index (Phi) is 5.60. The minimum Gasteiger partial charge on any atom is -0.310 e. The Morgan fingerprint density at radius 1 is 0.475 bits per heavy atom. The summed E-state index contributed by atoms with van der Waals surface area (Å²) < 4.78 is 5.02. The second-order valence-electron chi connectivity index (χ2n) is 17.0. The molecule has 61 heavy (non-hydrogen) atoms. The fraction of sp³-hybridized carbons (Fsp3) is 0. The third-order valence-corrected chi connectivity index (χ3v) is 14.2. The summed E-state index contributed by atoms with van der Waals surface area (Å²) in [7, 11) is 0. The van der Waals surface area contributed by atoms with Gasteiger partial charge in [0.2, 0.25) is 0 Å². The molecule has 0 aliphatic carbocycles. The normalized spacial score (nSPS) is 12.9. The fourth-order valence-electron chi connectivity index (χ4n) is 11.8. The second kappa shape index (κ2) is 10.8. The van der Waals surface area contributed by atoms with Gasteiger partial charge in [-0.25, -0.2) is 4.85 Å². The Morgan fingerprint density at radius 3 is 1.70 bits per heavy atom. The molecule has 11 aromatic carbocycles. The molecule has 2 aliphatic rings. The maximum absolute atomic E-state index is 10.2. The lowest BCUT2D eigenvalue weighted by atomic mass is 9.34. The SMILES string of the molecule is [C-]#[N+]c1ccc2c(c1)c1c3ccccc3cc3c1n2-c1cc(-c2ccc4ccc5cccc6ccc2c4c56)cc2c1B3c1cc3ccccc3c3c4cc(C#N)ccc4n-2c13. The van der Waals surface area contributed by atoms with Crippen LogP contribution in [0.4, 0.5) is 5.69 Å². The van der Waals surface area contributed by atoms with E-state index >= 15 is 0 Å². The van der Waals surface area contributed by atoms with Gasteiger partial charge in [-0.2, -0.15) is 5.26 Å². The number of nitriles is 1. The summed E-state index contributed by atoms with van der Waals surface area (Å²) in [6.45, 7) is 7.98. The zero-order valence-electron chi connectivity index (χ0n) is 32.5. The van der Waals surface area contributed by atoms with Crippen molar-refractivity contribution in [3.63, 3.8) is 0 Å². The average molecular weight is 767 g/mol. The van der Waals surface area contributed by atoms with Crippen molar-refractivity contribution in [3.05, 3.63) is 181 Å². The van der Waals surface area contributed by atoms with Crippen molar-refractivity contribution in [1.29, 1.82) is 5.26 Å². The van der Waals surface area contributed by atoms with E-state index in [1.165, 1.54) is 97.6 Å². The molecule has 0 N–H and O–H groups in total. The van der Waals surface area contributed by atoms with Crippen LogP contribution in [0.2, 0.25) is 0 Å². The van der Waals surface area contributed by atoms with E-state index in [-0.39, 0.29) is 6.71 Å². The number of rotatable bonds is 1. The number of fused-ring (bicyclic) bond motifs is 14. The Balaban J connectivity index is 1.19. The smallest absolute Gasteiger partial charge is 0.252 e. The van der Waals surface area contributed by atoms with Gasteiger partial charge in [0.25, 0.3) is 6.71 Å². The molecule has 0 saturated carbocycles. The maximum Gasteiger partial charge on any atom is 0.252 e. The van der Waals surface area contributed by atoms with Crippen molar-refractivity contribution in [2.24, 2.45) is 0 Å². The highest BCUT2D eigenvalue weighted by molar-refractivity contribution is 7.00. The van der Waals surface area contributed by atoms with Crippen LogP contribution in [-0.2, 0) is 0 Å². The van der Waals surface area contributed by atoms with E-state index < -0.39 is 0 Å². The molecule has 0 radical (unpaired) electrons. The van der Waals surface area contributed by atoms with Gasteiger partial charge in [0.15, 0.2) is 5.69 Å². The van der Waals surface area contributed by atoms with Crippen LogP contribution in [0.3, 0.4) is 0 Å². The van der Waals surface area contributed by atoms with Crippen molar-refractivity contribution < 1.29 is 0 Å². The fourth-order valence-corrected chi connectivity index (χ4v) is 11.8. The third-order valence-electron chi connectivity index (χ3n) is 14.2. The third kappa shape index (κ3) is 3.73. The maximum atomic E-state index is 10.2. The summed E-state index contributed by atoms with van der Waals surface area (Å²) in [5.41, 5.74) is 14.3. The van der Waals surface area contributed by atoms with E-state index in [0.717, 1.165) is 38.7 Å². The first kappa shape index (κ1) is 31.6. The number of hydrogen-bond donors (Lipinski definition) is 0. The average Bonchev–Trinajstić information content (AvgIpc) is 3.84. The molecule has 2 aliphatic heterocycles. The largest absolute Gasteiger partial charge is 0.310 e. The Bertz CT molecular complexity index is 4110. The first-order valence-corrected chi connectivity index (χ1v) is 20.8. The van der Waals surface area contributed by atoms with Gasteiger partial charge in [0.05, 0.1) is 34.8 Å². The first-order chi connectivity index (χ1) is 30.2. The summed E-state index contributed by atoms with van der Waals surface area (Å²) >= 11 is 0. The summed E-state index contributed by atoms with van der Waals surface area (Å²) in [6, 6.07) is 62.4. The van der Waals surface area contributed by atoms with Crippen LogP contribution in [0, 0.1) is 17.9 Å². The highest BCUT2D eigenvalue weighted by Gasteiger charge is 2.42. The van der Waals surface area contributed by atoms with Gasteiger partial charge in [-0.3, -0.25) is 0 Å². The van der Waals surface area contributed by atoms with Crippen molar-refractivity contribution in [3.8, 4) is 28.6 Å². The molecule has 0 unspecified atom stereocenters. The zero-order valence-corrected chi connectivity index (χ0v) is 32.5. The molecule has 0 spiro atoms. The molecule has 0 fully saturated rings. The van der Waals surface area contributed by atoms with Crippen LogP contribution in [0.25, 0.3) is 125 Å². The quantitative estimate of drug-likeness (QED) is 0.0931. The van der Waals surface area contributed by atoms with Crippen LogP contribution in [0.1, 0.15) is 5.56 Å². The highest BCUT2D eigenvalue weighted by Crippen LogP contribution is 2.46. The van der Waals surface area contributed by atoms with E-state index in [9.17, 15) is 5.26 Å². The molecule has 2 aromatic heterocycles. The van der Waals surface area contributed by atoms with Crippen LogP contribution in [0.15, 0.2) is 164 Å². The van der Waals surface area contributed by atoms with Crippen LogP contribution >= 0.6 is 0 Å². The lowest BCUT2D eigenvalue weighted by molar-refractivity contribution is 1.14. The summed E-state index contributed by atoms with van der Waals surface area (Å²) in [6.07, 6.45) is 0. The monoisotopic (exact) mass is 766 g/mol. The molecular formula is C56H27BN4. The predicted molar refractivity (Wildman–Crippen MR) is 255 cm³/mol. The molecule has 0 atom stereocenters. The zero-order chi connectivity index (χ0) is 39.8. The van der Waals surface area contributed by atoms with Crippen molar-refractivity contribution in [1.82, 2.24) is 9.13 Å². The second-order valence-corrected chi connectivity index (χ2v) is 17.0. The number of aromatic nitrogens is 2. The van der Waals surface area contributed by atoms with E-state index in [2.05, 4.69) is 172 Å². The minimum absolute atomic E-state index is 0.0796. The lowest BCUT2D eigenvalue weighted by Gasteiger charge is -2.34. The van der Waals surface area contributed by atoms with Gasteiger partial charge >= 0.3 is 0 Å². The molecular weight excluding hydrogens is 739 g/mol. The van der Waals surface area contributed by atoms with Gasteiger partial charge in [-0.15, -0.1) is 0 Å². The molecule has 4 heterocycles. The Morgan fingerprint density at radius 2 is 1.05 bits per heavy atom. The van der Waals surface area contributed by atoms with E-state index in [1.807, 2.05) is 12.1 Å². The first-order valence-electron chi connectivity index (χ1n) is 20.8. The van der Waals surface area contributed by atoms with Crippen LogP contribution < -0.4 is 16.4 Å². The van der Waals surface area contributed by atoms with E-state index in [4.69, 9.17) is 6.57 Å². The van der Waals surface area contributed by atoms with Gasteiger partial charge in [0, 0.05) is 33.1 Å². The van der Waals surface area contributed by atoms with Crippen molar-refractivity contribution in [2.45, 2.75) is 0 Å². The van der Waals surface area contributed by atoms with Gasteiger partial charge in [-0.05, 0) is 129 Å². The Hall–Kier alpha value is -8.38. The molecule has 0 saturated heterocycles. The van der Waals surface area contributed by atoms with E-state index in [1.54, 1.807) is 0 Å².